The zero-order valence-electron chi connectivity index (χ0n) is 15.7. The van der Waals surface area contributed by atoms with E-state index in [1.165, 1.54) is 14.0 Å². The van der Waals surface area contributed by atoms with Crippen molar-refractivity contribution in [1.82, 2.24) is 5.16 Å². The summed E-state index contributed by atoms with van der Waals surface area (Å²) in [5.74, 6) is 0.0659. The van der Waals surface area contributed by atoms with Crippen molar-refractivity contribution >= 4 is 41.1 Å². The molecule has 0 bridgehead atoms. The van der Waals surface area contributed by atoms with E-state index in [0.29, 0.717) is 23.0 Å². The highest BCUT2D eigenvalue weighted by Crippen LogP contribution is 2.17. The van der Waals surface area contributed by atoms with Gasteiger partial charge in [0, 0.05) is 17.8 Å². The highest BCUT2D eigenvalue weighted by molar-refractivity contribution is 8.00. The van der Waals surface area contributed by atoms with Crippen LogP contribution in [-0.2, 0) is 19.1 Å². The molecule has 10 heteroatoms. The number of hydrogen-bond donors (Lipinski definition) is 2. The Morgan fingerprint density at radius 2 is 2.00 bits per heavy atom. The topological polar surface area (TPSA) is 120 Å². The molecular formula is C18H21N3O6S. The van der Waals surface area contributed by atoms with Crippen LogP contribution in [0.3, 0.4) is 0 Å². The van der Waals surface area contributed by atoms with E-state index < -0.39 is 18.0 Å². The van der Waals surface area contributed by atoms with Gasteiger partial charge in [-0.3, -0.25) is 14.4 Å². The molecule has 150 valence electrons. The standard InChI is InChI=1S/C18H21N3O6S/c1-11-7-15(21-27-11)20-16(22)9-28-10-17(23)26-12(2)18(24)19-13-5-4-6-14(8-13)25-3/h4-8,12H,9-10H2,1-3H3,(H,19,24)(H,20,21,22)/t12-/m0/s1. The molecule has 2 amide bonds. The summed E-state index contributed by atoms with van der Waals surface area (Å²) in [4.78, 5) is 35.7. The lowest BCUT2D eigenvalue weighted by atomic mass is 10.3. The zero-order chi connectivity index (χ0) is 20.5. The normalized spacial score (nSPS) is 11.4. The van der Waals surface area contributed by atoms with Crippen molar-refractivity contribution in [2.24, 2.45) is 0 Å². The van der Waals surface area contributed by atoms with Gasteiger partial charge < -0.3 is 24.6 Å². The van der Waals surface area contributed by atoms with Crippen molar-refractivity contribution in [2.75, 3.05) is 29.2 Å². The molecule has 2 rings (SSSR count). The Bertz CT molecular complexity index is 838. The molecule has 28 heavy (non-hydrogen) atoms. The molecule has 1 atom stereocenters. The summed E-state index contributed by atoms with van der Waals surface area (Å²) in [7, 11) is 1.52. The summed E-state index contributed by atoms with van der Waals surface area (Å²) < 4.78 is 15.0. The number of ether oxygens (including phenoxy) is 2. The van der Waals surface area contributed by atoms with Crippen LogP contribution in [0.25, 0.3) is 0 Å². The van der Waals surface area contributed by atoms with Gasteiger partial charge in [-0.2, -0.15) is 0 Å². The van der Waals surface area contributed by atoms with Crippen LogP contribution < -0.4 is 15.4 Å². The van der Waals surface area contributed by atoms with E-state index in [2.05, 4.69) is 15.8 Å². The van der Waals surface area contributed by atoms with Crippen LogP contribution in [0.2, 0.25) is 0 Å². The van der Waals surface area contributed by atoms with Gasteiger partial charge in [-0.1, -0.05) is 11.2 Å². The number of rotatable bonds is 9. The largest absolute Gasteiger partial charge is 0.497 e. The number of esters is 1. The van der Waals surface area contributed by atoms with Crippen LogP contribution in [0, 0.1) is 6.92 Å². The molecule has 0 aliphatic rings. The summed E-state index contributed by atoms with van der Waals surface area (Å²) in [6.07, 6.45) is -0.980. The van der Waals surface area contributed by atoms with Gasteiger partial charge >= 0.3 is 5.97 Å². The van der Waals surface area contributed by atoms with Gasteiger partial charge in [0.25, 0.3) is 5.91 Å². The van der Waals surface area contributed by atoms with E-state index in [-0.39, 0.29) is 17.4 Å². The van der Waals surface area contributed by atoms with Crippen molar-refractivity contribution in [3.05, 3.63) is 36.1 Å². The molecular weight excluding hydrogens is 386 g/mol. The molecule has 0 aliphatic carbocycles. The maximum Gasteiger partial charge on any atom is 0.316 e. The third-order valence-electron chi connectivity index (χ3n) is 3.36. The Morgan fingerprint density at radius 1 is 1.21 bits per heavy atom. The first-order valence-corrected chi connectivity index (χ1v) is 9.48. The molecule has 0 unspecified atom stereocenters. The average molecular weight is 407 g/mol. The van der Waals surface area contributed by atoms with E-state index in [9.17, 15) is 14.4 Å². The van der Waals surface area contributed by atoms with Crippen molar-refractivity contribution < 1.29 is 28.4 Å². The predicted molar refractivity (Wildman–Crippen MR) is 104 cm³/mol. The lowest BCUT2D eigenvalue weighted by Gasteiger charge is -2.14. The summed E-state index contributed by atoms with van der Waals surface area (Å²) in [6, 6.07) is 8.40. The average Bonchev–Trinajstić information content (AvgIpc) is 3.06. The number of thioether (sulfide) groups is 1. The van der Waals surface area contributed by atoms with E-state index in [4.69, 9.17) is 14.0 Å². The van der Waals surface area contributed by atoms with Gasteiger partial charge in [-0.25, -0.2) is 0 Å². The molecule has 0 spiro atoms. The minimum Gasteiger partial charge on any atom is -0.497 e. The molecule has 1 heterocycles. The summed E-state index contributed by atoms with van der Waals surface area (Å²) in [5.41, 5.74) is 0.529. The first-order chi connectivity index (χ1) is 13.4. The molecule has 9 nitrogen and oxygen atoms in total. The fourth-order valence-corrected chi connectivity index (χ4v) is 2.66. The van der Waals surface area contributed by atoms with Gasteiger partial charge in [-0.15, -0.1) is 11.8 Å². The Hall–Kier alpha value is -3.01. The number of hydrogen-bond acceptors (Lipinski definition) is 8. The van der Waals surface area contributed by atoms with Gasteiger partial charge in [0.2, 0.25) is 5.91 Å². The van der Waals surface area contributed by atoms with Crippen molar-refractivity contribution in [3.63, 3.8) is 0 Å². The van der Waals surface area contributed by atoms with Crippen molar-refractivity contribution in [2.45, 2.75) is 20.0 Å². The number of aryl methyl sites for hydroxylation is 1. The highest BCUT2D eigenvalue weighted by atomic mass is 32.2. The monoisotopic (exact) mass is 407 g/mol. The highest BCUT2D eigenvalue weighted by Gasteiger charge is 2.18. The maximum absolute atomic E-state index is 12.1. The Balaban J connectivity index is 1.69. The number of anilines is 2. The molecule has 0 aliphatic heterocycles. The third-order valence-corrected chi connectivity index (χ3v) is 4.27. The first-order valence-electron chi connectivity index (χ1n) is 8.32. The van der Waals surface area contributed by atoms with Crippen LogP contribution in [0.15, 0.2) is 34.9 Å². The molecule has 0 radical (unpaired) electrons. The second-order valence-corrected chi connectivity index (χ2v) is 6.70. The van der Waals surface area contributed by atoms with Crippen molar-refractivity contribution in [1.29, 1.82) is 0 Å². The van der Waals surface area contributed by atoms with Gasteiger partial charge in [0.1, 0.15) is 11.5 Å². The van der Waals surface area contributed by atoms with E-state index in [1.807, 2.05) is 0 Å². The van der Waals surface area contributed by atoms with Crippen molar-refractivity contribution in [3.8, 4) is 5.75 Å². The quantitative estimate of drug-likeness (QED) is 0.607. The second-order valence-electron chi connectivity index (χ2n) is 5.72. The molecule has 1 aromatic carbocycles. The summed E-state index contributed by atoms with van der Waals surface area (Å²) in [5, 5.41) is 8.83. The Labute approximate surface area is 166 Å². The number of amides is 2. The number of methoxy groups -OCH3 is 1. The van der Waals surface area contributed by atoms with Crippen LogP contribution in [-0.4, -0.2) is 47.7 Å². The van der Waals surface area contributed by atoms with Gasteiger partial charge in [0.15, 0.2) is 11.9 Å². The summed E-state index contributed by atoms with van der Waals surface area (Å²) in [6.45, 7) is 3.18. The number of nitrogens with zero attached hydrogens (tertiary/aromatic N) is 1. The van der Waals surface area contributed by atoms with Crippen LogP contribution in [0.4, 0.5) is 11.5 Å². The third kappa shape index (κ3) is 6.95. The van der Waals surface area contributed by atoms with Gasteiger partial charge in [0.05, 0.1) is 18.6 Å². The molecule has 0 fully saturated rings. The Morgan fingerprint density at radius 3 is 2.68 bits per heavy atom. The molecule has 2 aromatic rings. The number of nitrogens with one attached hydrogen (secondary N) is 2. The first kappa shape index (κ1) is 21.3. The van der Waals surface area contributed by atoms with E-state index in [0.717, 1.165) is 11.8 Å². The minimum atomic E-state index is -0.980. The maximum atomic E-state index is 12.1. The van der Waals surface area contributed by atoms with Crippen LogP contribution >= 0.6 is 11.8 Å². The van der Waals surface area contributed by atoms with Gasteiger partial charge in [-0.05, 0) is 26.0 Å². The number of carbonyl (C=O) groups excluding carboxylic acids is 3. The van der Waals surface area contributed by atoms with E-state index >= 15 is 0 Å². The van der Waals surface area contributed by atoms with Crippen LogP contribution in [0.5, 0.6) is 5.75 Å². The van der Waals surface area contributed by atoms with E-state index in [1.54, 1.807) is 37.3 Å². The Kier molecular flexibility index (Phi) is 7.88. The number of carbonyl (C=O) groups is 3. The predicted octanol–water partition coefficient (Wildman–Crippen LogP) is 2.23. The minimum absolute atomic E-state index is 0.0331. The molecule has 1 aromatic heterocycles. The second kappa shape index (κ2) is 10.4. The fourth-order valence-electron chi connectivity index (χ4n) is 2.06. The molecule has 0 saturated heterocycles. The SMILES string of the molecule is COc1cccc(NC(=O)[C@H](C)OC(=O)CSCC(=O)Nc2cc(C)on2)c1. The van der Waals surface area contributed by atoms with Crippen LogP contribution in [0.1, 0.15) is 12.7 Å². The molecule has 0 saturated carbocycles. The smallest absolute Gasteiger partial charge is 0.316 e. The lowest BCUT2D eigenvalue weighted by Crippen LogP contribution is -2.30. The number of aromatic nitrogens is 1. The lowest BCUT2D eigenvalue weighted by molar-refractivity contribution is -0.150. The zero-order valence-corrected chi connectivity index (χ0v) is 16.5. The summed E-state index contributed by atoms with van der Waals surface area (Å²) >= 11 is 1.06. The number of benzene rings is 1. The fraction of sp³-hybridized carbons (Fsp3) is 0.333. The molecule has 2 N–H and O–H groups in total.